The molecule has 1 heterocycles. The van der Waals surface area contributed by atoms with Crippen LogP contribution < -0.4 is 14.8 Å². The van der Waals surface area contributed by atoms with Gasteiger partial charge in [-0.1, -0.05) is 0 Å². The van der Waals surface area contributed by atoms with Crippen molar-refractivity contribution in [2.24, 2.45) is 4.99 Å². The monoisotopic (exact) mass is 345 g/mol. The van der Waals surface area contributed by atoms with Gasteiger partial charge in [0.15, 0.2) is 5.96 Å². The lowest BCUT2D eigenvalue weighted by molar-refractivity contribution is 0.281. The first-order valence-electron chi connectivity index (χ1n) is 8.30. The molecule has 7 heteroatoms. The lowest BCUT2D eigenvalue weighted by Gasteiger charge is -2.22. The third-order valence-corrected chi connectivity index (χ3v) is 3.71. The Balaban J connectivity index is 1.70. The summed E-state index contributed by atoms with van der Waals surface area (Å²) in [7, 11) is 5.42. The molecule has 0 aliphatic carbocycles. The quantitative estimate of drug-likeness (QED) is 0.584. The minimum Gasteiger partial charge on any atom is -0.497 e. The van der Waals surface area contributed by atoms with Gasteiger partial charge in [0, 0.05) is 26.8 Å². The van der Waals surface area contributed by atoms with Crippen molar-refractivity contribution >= 4 is 5.96 Å². The van der Waals surface area contributed by atoms with Crippen LogP contribution in [0.2, 0.25) is 0 Å². The minimum absolute atomic E-state index is 0.571. The second kappa shape index (κ2) is 9.56. The molecule has 25 heavy (non-hydrogen) atoms. The number of nitrogens with one attached hydrogen (secondary N) is 1. The Morgan fingerprint density at radius 2 is 2.00 bits per heavy atom. The van der Waals surface area contributed by atoms with Crippen LogP contribution in [-0.2, 0) is 6.54 Å². The van der Waals surface area contributed by atoms with Crippen LogP contribution in [0.4, 0.5) is 0 Å². The highest BCUT2D eigenvalue weighted by Gasteiger charge is 2.06. The Labute approximate surface area is 149 Å². The molecule has 0 spiro atoms. The SMILES string of the molecule is CN=C(NCCn1cc(C)cn1)N(C)CCOc1ccc(OC)cc1. The number of benzene rings is 1. The number of likely N-dealkylation sites (N-methyl/N-ethyl adjacent to an activating group) is 1. The molecule has 136 valence electrons. The number of ether oxygens (including phenoxy) is 2. The Kier molecular flexibility index (Phi) is 7.13. The van der Waals surface area contributed by atoms with Gasteiger partial charge in [0.1, 0.15) is 18.1 Å². The van der Waals surface area contributed by atoms with Crippen LogP contribution in [-0.4, -0.2) is 61.5 Å². The molecule has 7 nitrogen and oxygen atoms in total. The average molecular weight is 345 g/mol. The summed E-state index contributed by atoms with van der Waals surface area (Å²) in [6, 6.07) is 7.57. The van der Waals surface area contributed by atoms with Crippen LogP contribution in [0.15, 0.2) is 41.7 Å². The first-order chi connectivity index (χ1) is 12.1. The third-order valence-electron chi connectivity index (χ3n) is 3.71. The lowest BCUT2D eigenvalue weighted by atomic mass is 10.3. The van der Waals surface area contributed by atoms with Crippen LogP contribution >= 0.6 is 0 Å². The predicted molar refractivity (Wildman–Crippen MR) is 99.4 cm³/mol. The lowest BCUT2D eigenvalue weighted by Crippen LogP contribution is -2.42. The van der Waals surface area contributed by atoms with E-state index in [0.717, 1.165) is 42.7 Å². The molecule has 1 aromatic carbocycles. The van der Waals surface area contributed by atoms with Gasteiger partial charge in [0.2, 0.25) is 0 Å². The number of aliphatic imine (C=N–C) groups is 1. The molecule has 1 N–H and O–H groups in total. The van der Waals surface area contributed by atoms with Crippen molar-refractivity contribution < 1.29 is 9.47 Å². The van der Waals surface area contributed by atoms with Gasteiger partial charge in [-0.15, -0.1) is 0 Å². The molecule has 0 radical (unpaired) electrons. The molecule has 0 saturated carbocycles. The van der Waals surface area contributed by atoms with Crippen molar-refractivity contribution in [1.82, 2.24) is 20.0 Å². The number of aromatic nitrogens is 2. The van der Waals surface area contributed by atoms with Crippen molar-refractivity contribution in [2.45, 2.75) is 13.5 Å². The third kappa shape index (κ3) is 6.02. The van der Waals surface area contributed by atoms with E-state index >= 15 is 0 Å². The van der Waals surface area contributed by atoms with Gasteiger partial charge >= 0.3 is 0 Å². The normalized spacial score (nSPS) is 11.3. The standard InChI is InChI=1S/C18H27N5O2/c1-15-13-21-23(14-15)10-9-20-18(19-2)22(3)11-12-25-17-7-5-16(24-4)6-8-17/h5-8,13-14H,9-12H2,1-4H3,(H,19,20). The predicted octanol–water partition coefficient (Wildman–Crippen LogP) is 1.79. The summed E-state index contributed by atoms with van der Waals surface area (Å²) < 4.78 is 12.8. The summed E-state index contributed by atoms with van der Waals surface area (Å²) in [6.45, 7) is 4.89. The summed E-state index contributed by atoms with van der Waals surface area (Å²) in [5, 5.41) is 7.61. The van der Waals surface area contributed by atoms with Gasteiger partial charge in [0.05, 0.1) is 26.4 Å². The molecule has 0 amide bonds. The fourth-order valence-electron chi connectivity index (χ4n) is 2.33. The average Bonchev–Trinajstić information content (AvgIpc) is 3.04. The van der Waals surface area contributed by atoms with Crippen molar-refractivity contribution in [3.63, 3.8) is 0 Å². The van der Waals surface area contributed by atoms with E-state index in [1.165, 1.54) is 0 Å². The molecule has 0 aliphatic rings. The van der Waals surface area contributed by atoms with E-state index in [1.54, 1.807) is 14.2 Å². The maximum absolute atomic E-state index is 5.75. The van der Waals surface area contributed by atoms with Gasteiger partial charge in [0.25, 0.3) is 0 Å². The second-order valence-electron chi connectivity index (χ2n) is 5.70. The molecule has 0 saturated heterocycles. The van der Waals surface area contributed by atoms with E-state index in [9.17, 15) is 0 Å². The van der Waals surface area contributed by atoms with Crippen molar-refractivity contribution in [2.75, 3.05) is 40.9 Å². The summed E-state index contributed by atoms with van der Waals surface area (Å²) in [5.41, 5.74) is 1.16. The topological polar surface area (TPSA) is 63.9 Å². The number of guanidine groups is 1. The maximum Gasteiger partial charge on any atom is 0.193 e. The van der Waals surface area contributed by atoms with Crippen LogP contribution in [0, 0.1) is 6.92 Å². The Morgan fingerprint density at radius 1 is 1.28 bits per heavy atom. The van der Waals surface area contributed by atoms with E-state index in [2.05, 4.69) is 15.4 Å². The smallest absolute Gasteiger partial charge is 0.193 e. The molecule has 0 atom stereocenters. The summed E-state index contributed by atoms with van der Waals surface area (Å²) in [4.78, 5) is 6.34. The zero-order chi connectivity index (χ0) is 18.1. The molecule has 0 aliphatic heterocycles. The molecule has 2 rings (SSSR count). The minimum atomic E-state index is 0.571. The molecule has 0 bridgehead atoms. The molecular formula is C18H27N5O2. The van der Waals surface area contributed by atoms with Crippen LogP contribution in [0.25, 0.3) is 0 Å². The van der Waals surface area contributed by atoms with Crippen molar-refractivity contribution in [1.29, 1.82) is 0 Å². The highest BCUT2D eigenvalue weighted by molar-refractivity contribution is 5.79. The van der Waals surface area contributed by atoms with Gasteiger partial charge in [-0.25, -0.2) is 0 Å². The number of methoxy groups -OCH3 is 1. The van der Waals surface area contributed by atoms with Crippen LogP contribution in [0.5, 0.6) is 11.5 Å². The number of hydrogen-bond donors (Lipinski definition) is 1. The first kappa shape index (κ1) is 18.6. The van der Waals surface area contributed by atoms with E-state index in [1.807, 2.05) is 60.2 Å². The summed E-state index contributed by atoms with van der Waals surface area (Å²) in [6.07, 6.45) is 3.88. The Bertz CT molecular complexity index is 666. The highest BCUT2D eigenvalue weighted by atomic mass is 16.5. The summed E-state index contributed by atoms with van der Waals surface area (Å²) in [5.74, 6) is 2.48. The Morgan fingerprint density at radius 3 is 2.60 bits per heavy atom. The van der Waals surface area contributed by atoms with Gasteiger partial charge in [-0.3, -0.25) is 9.67 Å². The van der Waals surface area contributed by atoms with Gasteiger partial charge in [-0.05, 0) is 36.8 Å². The zero-order valence-electron chi connectivity index (χ0n) is 15.4. The number of nitrogens with zero attached hydrogens (tertiary/aromatic N) is 4. The van der Waals surface area contributed by atoms with Crippen molar-refractivity contribution in [3.05, 3.63) is 42.2 Å². The zero-order valence-corrected chi connectivity index (χ0v) is 15.4. The van der Waals surface area contributed by atoms with Gasteiger partial charge < -0.3 is 19.7 Å². The number of rotatable bonds is 8. The number of aryl methyl sites for hydroxylation is 1. The molecule has 0 unspecified atom stereocenters. The van der Waals surface area contributed by atoms with Crippen molar-refractivity contribution in [3.8, 4) is 11.5 Å². The fourth-order valence-corrected chi connectivity index (χ4v) is 2.33. The molecule has 1 aromatic heterocycles. The molecular weight excluding hydrogens is 318 g/mol. The largest absolute Gasteiger partial charge is 0.497 e. The highest BCUT2D eigenvalue weighted by Crippen LogP contribution is 2.16. The van der Waals surface area contributed by atoms with E-state index in [0.29, 0.717) is 6.61 Å². The van der Waals surface area contributed by atoms with Crippen LogP contribution in [0.1, 0.15) is 5.56 Å². The molecule has 0 fully saturated rings. The summed E-state index contributed by atoms with van der Waals surface area (Å²) >= 11 is 0. The first-order valence-corrected chi connectivity index (χ1v) is 8.30. The number of hydrogen-bond acceptors (Lipinski definition) is 4. The van der Waals surface area contributed by atoms with E-state index in [4.69, 9.17) is 9.47 Å². The molecule has 2 aromatic rings. The van der Waals surface area contributed by atoms with Crippen LogP contribution in [0.3, 0.4) is 0 Å². The maximum atomic E-state index is 5.75. The second-order valence-corrected chi connectivity index (χ2v) is 5.70. The van der Waals surface area contributed by atoms with E-state index < -0.39 is 0 Å². The fraction of sp³-hybridized carbons (Fsp3) is 0.444. The van der Waals surface area contributed by atoms with Gasteiger partial charge in [-0.2, -0.15) is 5.10 Å². The Hall–Kier alpha value is -2.70. The van der Waals surface area contributed by atoms with E-state index in [-0.39, 0.29) is 0 Å².